The van der Waals surface area contributed by atoms with Gasteiger partial charge in [-0.15, -0.1) is 0 Å². The van der Waals surface area contributed by atoms with Crippen LogP contribution in [-0.4, -0.2) is 204 Å². The molecule has 0 aromatic heterocycles. The van der Waals surface area contributed by atoms with E-state index in [1.807, 2.05) is 0 Å². The van der Waals surface area contributed by atoms with E-state index in [1.165, 1.54) is 116 Å². The van der Waals surface area contributed by atoms with Gasteiger partial charge in [0.05, 0.1) is 13.2 Å². The number of allylic oxidation sites excluding steroid dienone is 4. The van der Waals surface area contributed by atoms with Crippen molar-refractivity contribution in [3.63, 3.8) is 0 Å². The van der Waals surface area contributed by atoms with E-state index in [1.54, 1.807) is 0 Å². The monoisotopic (exact) mass is 1420 g/mol. The van der Waals surface area contributed by atoms with Gasteiger partial charge >= 0.3 is 25.7 Å². The third kappa shape index (κ3) is 37.7. The van der Waals surface area contributed by atoms with E-state index < -0.39 is 156 Å². The van der Waals surface area contributed by atoms with Crippen molar-refractivity contribution in [3.8, 4) is 0 Å². The van der Waals surface area contributed by atoms with Gasteiger partial charge in [-0.2, -0.15) is 0 Å². The second-order valence-electron chi connectivity index (χ2n) is 27.4. The Kier molecular flexibility index (Phi) is 50.3. The van der Waals surface area contributed by atoms with Gasteiger partial charge in [-0.05, 0) is 70.6 Å². The predicted octanol–water partition coefficient (Wildman–Crippen LogP) is 10.5. The molecule has 18 unspecified atom stereocenters. The van der Waals surface area contributed by atoms with E-state index in [4.69, 9.17) is 42.2 Å². The number of aliphatic hydroxyl groups excluding tert-OH is 10. The molecule has 0 amide bonds. The number of rotatable bonds is 59. The average molecular weight is 1430 g/mol. The summed E-state index contributed by atoms with van der Waals surface area (Å²) in [6, 6.07) is 0. The lowest BCUT2D eigenvalue weighted by molar-refractivity contribution is -0.360. The molecule has 2 saturated heterocycles. The zero-order valence-corrected chi connectivity index (χ0v) is 60.7. The van der Waals surface area contributed by atoms with Crippen LogP contribution in [0.3, 0.4) is 0 Å². The van der Waals surface area contributed by atoms with E-state index in [0.29, 0.717) is 19.3 Å². The lowest BCUT2D eigenvalue weighted by Gasteiger charge is -2.49. The van der Waals surface area contributed by atoms with Crippen molar-refractivity contribution in [1.29, 1.82) is 0 Å². The first-order valence-corrected chi connectivity index (χ1v) is 39.6. The van der Waals surface area contributed by atoms with Gasteiger partial charge in [-0.3, -0.25) is 23.4 Å². The highest BCUT2D eigenvalue weighted by molar-refractivity contribution is 7.47. The first-order valence-electron chi connectivity index (χ1n) is 38.1. The Morgan fingerprint density at radius 1 is 0.388 bits per heavy atom. The Morgan fingerprint density at radius 3 is 1.12 bits per heavy atom. The molecular weight excluding hydrogens is 1290 g/mol. The van der Waals surface area contributed by atoms with Gasteiger partial charge in [0.15, 0.2) is 18.7 Å². The van der Waals surface area contributed by atoms with Crippen molar-refractivity contribution in [3.05, 3.63) is 24.3 Å². The summed E-state index contributed by atoms with van der Waals surface area (Å²) in [5.74, 6) is -2.00. The molecule has 2 aliphatic heterocycles. The van der Waals surface area contributed by atoms with Gasteiger partial charge in [0.1, 0.15) is 98.7 Å². The fourth-order valence-corrected chi connectivity index (χ4v) is 13.4. The molecule has 574 valence electrons. The van der Waals surface area contributed by atoms with E-state index in [-0.39, 0.29) is 19.3 Å². The SMILES string of the molecule is CCCCCC/C=C\CCCCCCCCCC(=O)OCC(COP(=O)(O)OC1C(OC2OC(CO)C(O)C(O)C2O)C(O)C(O)C(O)C1OC1OC(COC(=O)CCCCC/C=C\CCCCCCCC)C(O)C(O)C1O)OC(=O)CCCCCCCCCCCCCCCCC. The van der Waals surface area contributed by atoms with E-state index in [9.17, 15) is 74.9 Å². The van der Waals surface area contributed by atoms with Crippen molar-refractivity contribution in [1.82, 2.24) is 0 Å². The minimum absolute atomic E-state index is 0.00819. The smallest absolute Gasteiger partial charge is 0.463 e. The lowest BCUT2D eigenvalue weighted by atomic mass is 9.84. The lowest BCUT2D eigenvalue weighted by Crippen LogP contribution is -2.69. The van der Waals surface area contributed by atoms with Crippen LogP contribution < -0.4 is 0 Å². The quantitative estimate of drug-likeness (QED) is 0.00886. The van der Waals surface area contributed by atoms with Gasteiger partial charge in [-0.25, -0.2) is 4.57 Å². The largest absolute Gasteiger partial charge is 0.472 e. The van der Waals surface area contributed by atoms with Crippen molar-refractivity contribution in [2.24, 2.45) is 0 Å². The van der Waals surface area contributed by atoms with Gasteiger partial charge in [0, 0.05) is 19.3 Å². The molecule has 3 rings (SSSR count). The zero-order chi connectivity index (χ0) is 71.8. The Bertz CT molecular complexity index is 2120. The molecule has 0 bridgehead atoms. The first kappa shape index (κ1) is 89.7. The average Bonchev–Trinajstić information content (AvgIpc) is 0.763. The molecule has 25 heteroatoms. The Labute approximate surface area is 585 Å². The Balaban J connectivity index is 1.74. The number of carbonyl (C=O) groups is 3. The summed E-state index contributed by atoms with van der Waals surface area (Å²) in [5, 5.41) is 110. The summed E-state index contributed by atoms with van der Waals surface area (Å²) in [6.07, 6.45) is 15.2. The first-order chi connectivity index (χ1) is 47.3. The van der Waals surface area contributed by atoms with E-state index in [0.717, 1.165) is 116 Å². The topological polar surface area (TPSA) is 374 Å². The van der Waals surface area contributed by atoms with Crippen LogP contribution in [0.25, 0.3) is 0 Å². The van der Waals surface area contributed by atoms with Crippen LogP contribution in [0.4, 0.5) is 0 Å². The van der Waals surface area contributed by atoms with Gasteiger partial charge in [-0.1, -0.05) is 225 Å². The molecule has 24 nitrogen and oxygen atoms in total. The molecule has 1 aliphatic carbocycles. The second kappa shape index (κ2) is 55.0. The predicted molar refractivity (Wildman–Crippen MR) is 370 cm³/mol. The molecule has 0 spiro atoms. The van der Waals surface area contributed by atoms with Gasteiger partial charge in [0.2, 0.25) is 0 Å². The van der Waals surface area contributed by atoms with Gasteiger partial charge in [0.25, 0.3) is 0 Å². The molecule has 0 aromatic rings. The summed E-state index contributed by atoms with van der Waals surface area (Å²) >= 11 is 0. The Morgan fingerprint density at radius 2 is 0.714 bits per heavy atom. The maximum atomic E-state index is 14.3. The van der Waals surface area contributed by atoms with Crippen LogP contribution in [0, 0.1) is 0 Å². The van der Waals surface area contributed by atoms with Crippen LogP contribution in [0.15, 0.2) is 24.3 Å². The highest BCUT2D eigenvalue weighted by atomic mass is 31.2. The molecule has 3 aliphatic rings. The molecule has 0 radical (unpaired) electrons. The van der Waals surface area contributed by atoms with Crippen molar-refractivity contribution in [2.75, 3.05) is 26.4 Å². The van der Waals surface area contributed by atoms with Crippen molar-refractivity contribution in [2.45, 2.75) is 395 Å². The third-order valence-electron chi connectivity index (χ3n) is 18.7. The summed E-state index contributed by atoms with van der Waals surface area (Å²) in [5.41, 5.74) is 0. The molecule has 11 N–H and O–H groups in total. The number of esters is 3. The van der Waals surface area contributed by atoms with Crippen LogP contribution in [0.1, 0.15) is 290 Å². The molecule has 1 saturated carbocycles. The fourth-order valence-electron chi connectivity index (χ4n) is 12.5. The maximum absolute atomic E-state index is 14.3. The van der Waals surface area contributed by atoms with Crippen LogP contribution >= 0.6 is 7.82 Å². The number of hydrogen-bond acceptors (Lipinski definition) is 23. The summed E-state index contributed by atoms with van der Waals surface area (Å²) in [7, 11) is -5.70. The number of phosphoric acid groups is 1. The Hall–Kier alpha value is -2.56. The summed E-state index contributed by atoms with van der Waals surface area (Å²) in [4.78, 5) is 51.0. The zero-order valence-electron chi connectivity index (χ0n) is 59.8. The normalized spacial score (nSPS) is 27.7. The number of carbonyl (C=O) groups excluding carboxylic acids is 3. The van der Waals surface area contributed by atoms with Crippen molar-refractivity contribution >= 4 is 25.7 Å². The summed E-state index contributed by atoms with van der Waals surface area (Å²) < 4.78 is 65.0. The molecule has 18 atom stereocenters. The minimum atomic E-state index is -5.70. The molecule has 3 fully saturated rings. The third-order valence-corrected chi connectivity index (χ3v) is 19.7. The molecule has 98 heavy (non-hydrogen) atoms. The molecular formula is C73H133O24P. The highest BCUT2D eigenvalue weighted by Crippen LogP contribution is 2.49. The van der Waals surface area contributed by atoms with Crippen molar-refractivity contribution < 1.29 is 117 Å². The fraction of sp³-hybridized carbons (Fsp3) is 0.904. The van der Waals surface area contributed by atoms with Gasteiger partial charge < -0.3 is 89.1 Å². The highest BCUT2D eigenvalue weighted by Gasteiger charge is 2.58. The number of unbranched alkanes of at least 4 members (excludes halogenated alkanes) is 34. The molecule has 2 heterocycles. The number of hydrogen-bond donors (Lipinski definition) is 11. The second-order valence-corrected chi connectivity index (χ2v) is 28.8. The van der Waals surface area contributed by atoms with E-state index >= 15 is 0 Å². The molecule has 0 aromatic carbocycles. The van der Waals surface area contributed by atoms with Crippen LogP contribution in [0.2, 0.25) is 0 Å². The standard InChI is InChI=1S/C73H133O24P/c1-4-7-10-13-16-19-22-25-27-30-33-35-38-41-44-47-57(75)89-51-54(92-59(77)49-46-43-40-37-34-31-28-26-23-20-17-14-11-8-5-2)52-91-98(87,88)97-71-69(95-72-67(85)62(80)60(78)55(50-74)93-72)65(83)64(82)66(84)70(71)96-73-68(86)63(81)61(79)56(94-73)53-90-58(76)48-45-42-39-36-32-29-24-21-18-15-12-9-6-3/h19,22,29,32,54-56,60-74,78-86H,4-18,20-21,23-28,30-31,33-53H2,1-3H3,(H,87,88)/b22-19-,32-29-. The number of aliphatic hydroxyl groups is 10. The van der Waals surface area contributed by atoms with Crippen LogP contribution in [-0.2, 0) is 61.2 Å². The van der Waals surface area contributed by atoms with E-state index in [2.05, 4.69) is 45.1 Å². The maximum Gasteiger partial charge on any atom is 0.472 e. The minimum Gasteiger partial charge on any atom is -0.463 e. The number of phosphoric ester groups is 1. The number of ether oxygens (including phenoxy) is 7. The van der Waals surface area contributed by atoms with Crippen LogP contribution in [0.5, 0.6) is 0 Å². The summed E-state index contributed by atoms with van der Waals surface area (Å²) in [6.45, 7) is 3.42.